The highest BCUT2D eigenvalue weighted by molar-refractivity contribution is 6.74. The van der Waals surface area contributed by atoms with Gasteiger partial charge in [-0.15, -0.1) is 0 Å². The van der Waals surface area contributed by atoms with E-state index in [0.717, 1.165) is 30.1 Å². The molecule has 5 nitrogen and oxygen atoms in total. The molecule has 37 heavy (non-hydrogen) atoms. The molecule has 0 bridgehead atoms. The van der Waals surface area contributed by atoms with Gasteiger partial charge in [-0.25, -0.2) is 4.57 Å². The molecule has 6 heteroatoms. The van der Waals surface area contributed by atoms with Gasteiger partial charge in [-0.1, -0.05) is 86.1 Å². The van der Waals surface area contributed by atoms with E-state index in [9.17, 15) is 0 Å². The largest absolute Gasteiger partial charge is 0.497 e. The summed E-state index contributed by atoms with van der Waals surface area (Å²) in [4.78, 5) is 0. The van der Waals surface area contributed by atoms with E-state index >= 15 is 0 Å². The fourth-order valence-electron chi connectivity index (χ4n) is 5.15. The number of aryl methyl sites for hydroxylation is 1. The lowest BCUT2D eigenvalue weighted by Gasteiger charge is -2.48. The summed E-state index contributed by atoms with van der Waals surface area (Å²) in [7, 11) is -0.529. The molecule has 0 spiro atoms. The molecule has 192 valence electrons. The van der Waals surface area contributed by atoms with E-state index in [0.29, 0.717) is 0 Å². The fourth-order valence-corrected chi connectivity index (χ4v) is 6.64. The second-order valence-corrected chi connectivity index (χ2v) is 16.2. The molecule has 1 aliphatic heterocycles. The van der Waals surface area contributed by atoms with Gasteiger partial charge in [0.05, 0.1) is 7.11 Å². The first-order valence-corrected chi connectivity index (χ1v) is 16.0. The zero-order chi connectivity index (χ0) is 26.3. The Balaban J connectivity index is 1.70. The molecule has 1 aliphatic rings. The van der Waals surface area contributed by atoms with Gasteiger partial charge in [0.15, 0.2) is 8.32 Å². The number of hydrogen-bond acceptors (Lipinski definition) is 3. The SMILES string of the molecule is COc1ccc(-n2c[n+]3c(n2)CC[C@H]3C(O[Si](C)(C)C(C)(C)C)(c2ccccc2)c2ccccc2)cc1. The van der Waals surface area contributed by atoms with Crippen molar-refractivity contribution in [2.45, 2.75) is 63.4 Å². The van der Waals surface area contributed by atoms with Crippen LogP contribution in [0.4, 0.5) is 0 Å². The van der Waals surface area contributed by atoms with E-state index in [-0.39, 0.29) is 11.1 Å². The average Bonchev–Trinajstić information content (AvgIpc) is 3.49. The Morgan fingerprint density at radius 3 is 1.95 bits per heavy atom. The van der Waals surface area contributed by atoms with Gasteiger partial charge in [-0.3, -0.25) is 0 Å². The fraction of sp³-hybridized carbons (Fsp3) is 0.355. The minimum atomic E-state index is -2.22. The van der Waals surface area contributed by atoms with Crippen molar-refractivity contribution in [3.63, 3.8) is 0 Å². The van der Waals surface area contributed by atoms with Gasteiger partial charge in [0.1, 0.15) is 23.1 Å². The number of rotatable bonds is 7. The third kappa shape index (κ3) is 4.53. The first-order valence-electron chi connectivity index (χ1n) is 13.1. The summed E-state index contributed by atoms with van der Waals surface area (Å²) >= 11 is 0. The van der Waals surface area contributed by atoms with Crippen molar-refractivity contribution in [1.29, 1.82) is 0 Å². The van der Waals surface area contributed by atoms with E-state index < -0.39 is 13.9 Å². The van der Waals surface area contributed by atoms with Crippen molar-refractivity contribution in [1.82, 2.24) is 9.78 Å². The summed E-state index contributed by atoms with van der Waals surface area (Å²) in [6, 6.07) is 29.7. The second kappa shape index (κ2) is 9.58. The predicted molar refractivity (Wildman–Crippen MR) is 150 cm³/mol. The number of ether oxygens (including phenoxy) is 1. The standard InChI is InChI=1S/C31H38N3O2Si/c1-30(2,3)37(5,6)36-31(24-13-9-7-10-14-24,25-15-11-8-12-16-25)28-21-22-29-32-34(23-33(28)29)26-17-19-27(35-4)20-18-26/h7-20,23,28H,21-22H2,1-6H3/q+1/t28-/m0/s1. The lowest BCUT2D eigenvalue weighted by atomic mass is 9.79. The Morgan fingerprint density at radius 1 is 0.865 bits per heavy atom. The van der Waals surface area contributed by atoms with E-state index in [1.165, 1.54) is 11.1 Å². The molecule has 0 saturated heterocycles. The average molecular weight is 513 g/mol. The zero-order valence-electron chi connectivity index (χ0n) is 22.8. The molecular formula is C31H38N3O2Si+. The molecule has 0 N–H and O–H groups in total. The molecule has 0 fully saturated rings. The van der Waals surface area contributed by atoms with Gasteiger partial charge in [0.2, 0.25) is 6.33 Å². The molecule has 3 aromatic carbocycles. The van der Waals surface area contributed by atoms with Crippen LogP contribution in [0.2, 0.25) is 18.1 Å². The van der Waals surface area contributed by atoms with Crippen LogP contribution in [-0.4, -0.2) is 25.2 Å². The monoisotopic (exact) mass is 512 g/mol. The third-order valence-electron chi connectivity index (χ3n) is 8.17. The van der Waals surface area contributed by atoms with Crippen molar-refractivity contribution in [3.8, 4) is 11.4 Å². The van der Waals surface area contributed by atoms with Crippen molar-refractivity contribution in [2.24, 2.45) is 0 Å². The maximum atomic E-state index is 7.61. The van der Waals surface area contributed by atoms with Crippen molar-refractivity contribution < 1.29 is 13.7 Å². The van der Waals surface area contributed by atoms with Crippen molar-refractivity contribution in [3.05, 3.63) is 108 Å². The van der Waals surface area contributed by atoms with Crippen LogP contribution in [0.3, 0.4) is 0 Å². The van der Waals surface area contributed by atoms with Crippen LogP contribution in [0.25, 0.3) is 5.69 Å². The predicted octanol–water partition coefficient (Wildman–Crippen LogP) is 6.62. The topological polar surface area (TPSA) is 40.2 Å². The Labute approximate surface area is 221 Å². The summed E-state index contributed by atoms with van der Waals surface area (Å²) in [6.45, 7) is 11.7. The van der Waals surface area contributed by atoms with Crippen molar-refractivity contribution >= 4 is 8.32 Å². The van der Waals surface area contributed by atoms with E-state index in [4.69, 9.17) is 14.3 Å². The molecule has 0 aliphatic carbocycles. The normalized spacial score (nSPS) is 16.0. The smallest absolute Gasteiger partial charge is 0.278 e. The summed E-state index contributed by atoms with van der Waals surface area (Å²) in [6.07, 6.45) is 4.00. The molecule has 5 rings (SSSR count). The van der Waals surface area contributed by atoms with E-state index in [1.54, 1.807) is 7.11 Å². The Hall–Kier alpha value is -3.22. The van der Waals surface area contributed by atoms with Crippen LogP contribution in [0, 0.1) is 0 Å². The zero-order valence-corrected chi connectivity index (χ0v) is 23.8. The molecule has 1 aromatic heterocycles. The summed E-state index contributed by atoms with van der Waals surface area (Å²) in [5, 5.41) is 5.06. The van der Waals surface area contributed by atoms with Crippen LogP contribution < -0.4 is 9.30 Å². The van der Waals surface area contributed by atoms with Crippen LogP contribution >= 0.6 is 0 Å². The lowest BCUT2D eigenvalue weighted by Crippen LogP contribution is -2.57. The first-order chi connectivity index (χ1) is 17.7. The first kappa shape index (κ1) is 25.4. The van der Waals surface area contributed by atoms with Gasteiger partial charge < -0.3 is 9.16 Å². The third-order valence-corrected chi connectivity index (χ3v) is 12.6. The van der Waals surface area contributed by atoms with Gasteiger partial charge >= 0.3 is 0 Å². The van der Waals surface area contributed by atoms with Crippen LogP contribution in [-0.2, 0) is 16.4 Å². The number of benzene rings is 3. The minimum Gasteiger partial charge on any atom is -0.497 e. The Kier molecular flexibility index (Phi) is 6.58. The van der Waals surface area contributed by atoms with Crippen LogP contribution in [0.5, 0.6) is 5.75 Å². The van der Waals surface area contributed by atoms with E-state index in [1.807, 2.05) is 28.9 Å². The maximum absolute atomic E-state index is 7.61. The van der Waals surface area contributed by atoms with Crippen LogP contribution in [0.1, 0.15) is 50.2 Å². The molecular weight excluding hydrogens is 474 g/mol. The molecule has 2 heterocycles. The number of fused-ring (bicyclic) bond motifs is 1. The van der Waals surface area contributed by atoms with E-state index in [2.05, 4.69) is 105 Å². The Morgan fingerprint density at radius 2 is 1.43 bits per heavy atom. The number of nitrogens with zero attached hydrogens (tertiary/aromatic N) is 3. The summed E-state index contributed by atoms with van der Waals surface area (Å²) in [5.41, 5.74) is 2.74. The molecule has 0 saturated carbocycles. The summed E-state index contributed by atoms with van der Waals surface area (Å²) in [5.74, 6) is 1.92. The van der Waals surface area contributed by atoms with Gasteiger partial charge in [0.25, 0.3) is 5.82 Å². The highest BCUT2D eigenvalue weighted by atomic mass is 28.4. The number of hydrogen-bond donors (Lipinski definition) is 0. The van der Waals surface area contributed by atoms with Gasteiger partial charge in [-0.05, 0) is 59.9 Å². The molecule has 4 aromatic rings. The van der Waals surface area contributed by atoms with Gasteiger partial charge in [-0.2, -0.15) is 0 Å². The second-order valence-electron chi connectivity index (χ2n) is 11.5. The Bertz CT molecular complexity index is 1300. The highest BCUT2D eigenvalue weighted by Gasteiger charge is 2.55. The quantitative estimate of drug-likeness (QED) is 0.206. The molecule has 1 atom stereocenters. The minimum absolute atomic E-state index is 0.0567. The summed E-state index contributed by atoms with van der Waals surface area (Å²) < 4.78 is 17.3. The number of aromatic nitrogens is 3. The number of methoxy groups -OCH3 is 1. The molecule has 0 radical (unpaired) electrons. The lowest BCUT2D eigenvalue weighted by molar-refractivity contribution is -0.730. The molecule has 0 unspecified atom stereocenters. The van der Waals surface area contributed by atoms with Gasteiger partial charge in [0, 0.05) is 11.5 Å². The highest BCUT2D eigenvalue weighted by Crippen LogP contribution is 2.50. The maximum Gasteiger partial charge on any atom is 0.278 e. The molecule has 0 amide bonds. The van der Waals surface area contributed by atoms with Crippen molar-refractivity contribution in [2.75, 3.05) is 7.11 Å². The van der Waals surface area contributed by atoms with Crippen LogP contribution in [0.15, 0.2) is 91.3 Å².